The van der Waals surface area contributed by atoms with Crippen molar-refractivity contribution in [1.29, 1.82) is 0 Å². The van der Waals surface area contributed by atoms with Gasteiger partial charge in [-0.15, -0.1) is 0 Å². The highest BCUT2D eigenvalue weighted by molar-refractivity contribution is 6.28. The number of anilines is 2. The molecular formula is C19H22ClN5O. The van der Waals surface area contributed by atoms with Crippen molar-refractivity contribution in [1.82, 2.24) is 19.7 Å². The van der Waals surface area contributed by atoms with Crippen LogP contribution in [-0.2, 0) is 0 Å². The summed E-state index contributed by atoms with van der Waals surface area (Å²) in [6, 6.07) is 6.40. The van der Waals surface area contributed by atoms with Gasteiger partial charge in [0.25, 0.3) is 0 Å². The van der Waals surface area contributed by atoms with Crippen LogP contribution in [-0.4, -0.2) is 31.0 Å². The molecule has 0 saturated heterocycles. The Morgan fingerprint density at radius 1 is 1.15 bits per heavy atom. The maximum atomic E-state index is 9.80. The third kappa shape index (κ3) is 3.15. The van der Waals surface area contributed by atoms with Crippen LogP contribution in [0.5, 0.6) is 0 Å². The molecule has 6 nitrogen and oxygen atoms in total. The second kappa shape index (κ2) is 6.85. The number of benzene rings is 1. The molecule has 7 heteroatoms. The van der Waals surface area contributed by atoms with E-state index in [1.165, 1.54) is 0 Å². The van der Waals surface area contributed by atoms with Crippen molar-refractivity contribution >= 4 is 34.1 Å². The van der Waals surface area contributed by atoms with E-state index in [9.17, 15) is 5.11 Å². The van der Waals surface area contributed by atoms with Gasteiger partial charge in [0.15, 0.2) is 11.5 Å². The smallest absolute Gasteiger partial charge is 0.224 e. The Morgan fingerprint density at radius 2 is 1.85 bits per heavy atom. The number of hydrogen-bond acceptors (Lipinski definition) is 5. The number of nitrogens with zero attached hydrogens (tertiary/aromatic N) is 4. The highest BCUT2D eigenvalue weighted by Gasteiger charge is 2.25. The zero-order valence-corrected chi connectivity index (χ0v) is 15.7. The summed E-state index contributed by atoms with van der Waals surface area (Å²) in [6.45, 7) is 4.15. The van der Waals surface area contributed by atoms with Gasteiger partial charge in [0, 0.05) is 11.9 Å². The molecule has 1 aromatic carbocycles. The van der Waals surface area contributed by atoms with Gasteiger partial charge in [0.2, 0.25) is 5.28 Å². The van der Waals surface area contributed by atoms with Crippen LogP contribution in [0.3, 0.4) is 0 Å². The molecule has 2 heterocycles. The summed E-state index contributed by atoms with van der Waals surface area (Å²) >= 11 is 6.05. The molecule has 0 radical (unpaired) electrons. The van der Waals surface area contributed by atoms with E-state index >= 15 is 0 Å². The van der Waals surface area contributed by atoms with E-state index in [4.69, 9.17) is 16.7 Å². The number of fused-ring (bicyclic) bond motifs is 1. The third-order valence-corrected chi connectivity index (χ3v) is 5.34. The number of para-hydroxylation sites is 1. The topological polar surface area (TPSA) is 75.9 Å². The van der Waals surface area contributed by atoms with Crippen molar-refractivity contribution in [2.24, 2.45) is 0 Å². The lowest BCUT2D eigenvalue weighted by molar-refractivity contribution is 0.109. The molecule has 0 bridgehead atoms. The number of aromatic nitrogens is 4. The minimum atomic E-state index is -0.210. The largest absolute Gasteiger partial charge is 0.393 e. The van der Waals surface area contributed by atoms with Crippen LogP contribution in [0.2, 0.25) is 5.28 Å². The fourth-order valence-electron chi connectivity index (χ4n) is 3.68. The van der Waals surface area contributed by atoms with Gasteiger partial charge < -0.3 is 10.4 Å². The molecule has 0 amide bonds. The molecule has 0 aliphatic heterocycles. The SMILES string of the molecule is Cc1cccc(C)c1Nc1nn(C2CCC(O)CC2)c2nc(Cl)ncc12. The molecule has 26 heavy (non-hydrogen) atoms. The van der Waals surface area contributed by atoms with Gasteiger partial charge in [-0.1, -0.05) is 18.2 Å². The number of nitrogens with one attached hydrogen (secondary N) is 1. The normalized spacial score (nSPS) is 20.5. The summed E-state index contributed by atoms with van der Waals surface area (Å²) in [5.74, 6) is 0.736. The van der Waals surface area contributed by atoms with Gasteiger partial charge in [0.1, 0.15) is 0 Å². The van der Waals surface area contributed by atoms with E-state index in [1.807, 2.05) is 10.7 Å². The van der Waals surface area contributed by atoms with E-state index in [1.54, 1.807) is 6.20 Å². The average molecular weight is 372 g/mol. The third-order valence-electron chi connectivity index (χ3n) is 5.16. The predicted molar refractivity (Wildman–Crippen MR) is 103 cm³/mol. The zero-order valence-electron chi connectivity index (χ0n) is 14.9. The molecule has 136 valence electrons. The summed E-state index contributed by atoms with van der Waals surface area (Å²) in [5, 5.41) is 19.2. The van der Waals surface area contributed by atoms with Crippen molar-refractivity contribution in [3.8, 4) is 0 Å². The van der Waals surface area contributed by atoms with Gasteiger partial charge in [-0.3, -0.25) is 0 Å². The molecule has 1 fully saturated rings. The van der Waals surface area contributed by atoms with Crippen molar-refractivity contribution in [3.63, 3.8) is 0 Å². The van der Waals surface area contributed by atoms with Crippen LogP contribution >= 0.6 is 11.6 Å². The lowest BCUT2D eigenvalue weighted by atomic mass is 9.93. The van der Waals surface area contributed by atoms with Crippen LogP contribution in [0.4, 0.5) is 11.5 Å². The Morgan fingerprint density at radius 3 is 2.54 bits per heavy atom. The number of halogens is 1. The molecule has 4 rings (SSSR count). The van der Waals surface area contributed by atoms with Crippen molar-refractivity contribution in [2.75, 3.05) is 5.32 Å². The van der Waals surface area contributed by atoms with Gasteiger partial charge in [-0.25, -0.2) is 9.67 Å². The number of aliphatic hydroxyl groups is 1. The molecule has 3 aromatic rings. The molecular weight excluding hydrogens is 350 g/mol. The Labute approximate surface area is 157 Å². The maximum Gasteiger partial charge on any atom is 0.224 e. The second-order valence-corrected chi connectivity index (χ2v) is 7.36. The summed E-state index contributed by atoms with van der Waals surface area (Å²) in [6.07, 6.45) is 4.83. The van der Waals surface area contributed by atoms with Crippen LogP contribution in [0.1, 0.15) is 42.9 Å². The number of rotatable bonds is 3. The van der Waals surface area contributed by atoms with Crippen LogP contribution in [0, 0.1) is 13.8 Å². The first-order valence-corrected chi connectivity index (χ1v) is 9.33. The van der Waals surface area contributed by atoms with Gasteiger partial charge >= 0.3 is 0 Å². The van der Waals surface area contributed by atoms with E-state index in [-0.39, 0.29) is 17.4 Å². The summed E-state index contributed by atoms with van der Waals surface area (Å²) in [4.78, 5) is 8.58. The molecule has 2 aromatic heterocycles. The van der Waals surface area contributed by atoms with Crippen molar-refractivity contribution < 1.29 is 5.11 Å². The minimum absolute atomic E-state index is 0.209. The average Bonchev–Trinajstić information content (AvgIpc) is 2.96. The monoisotopic (exact) mass is 371 g/mol. The Kier molecular flexibility index (Phi) is 4.54. The summed E-state index contributed by atoms with van der Waals surface area (Å²) in [7, 11) is 0. The quantitative estimate of drug-likeness (QED) is 0.671. The Hall–Kier alpha value is -2.18. The summed E-state index contributed by atoms with van der Waals surface area (Å²) in [5.41, 5.74) is 4.10. The lowest BCUT2D eigenvalue weighted by Crippen LogP contribution is -2.22. The molecule has 1 saturated carbocycles. The highest BCUT2D eigenvalue weighted by Crippen LogP contribution is 2.34. The first kappa shape index (κ1) is 17.2. The van der Waals surface area contributed by atoms with Gasteiger partial charge in [0.05, 0.1) is 17.5 Å². The van der Waals surface area contributed by atoms with Crippen LogP contribution in [0.15, 0.2) is 24.4 Å². The Balaban J connectivity index is 1.78. The van der Waals surface area contributed by atoms with E-state index in [0.717, 1.165) is 59.3 Å². The highest BCUT2D eigenvalue weighted by atomic mass is 35.5. The first-order valence-electron chi connectivity index (χ1n) is 8.95. The van der Waals surface area contributed by atoms with Crippen molar-refractivity contribution in [3.05, 3.63) is 40.8 Å². The lowest BCUT2D eigenvalue weighted by Gasteiger charge is -2.25. The molecule has 1 aliphatic rings. The fourth-order valence-corrected chi connectivity index (χ4v) is 3.81. The van der Waals surface area contributed by atoms with Gasteiger partial charge in [-0.05, 0) is 62.3 Å². The van der Waals surface area contributed by atoms with Crippen LogP contribution < -0.4 is 5.32 Å². The zero-order chi connectivity index (χ0) is 18.3. The van der Waals surface area contributed by atoms with Gasteiger partial charge in [-0.2, -0.15) is 10.1 Å². The number of aryl methyl sites for hydroxylation is 2. The Bertz CT molecular complexity index is 926. The maximum absolute atomic E-state index is 9.80. The standard InChI is InChI=1S/C19H22ClN5O/c1-11-4-3-5-12(2)16(11)22-17-15-10-21-19(20)23-18(15)25(24-17)13-6-8-14(26)9-7-13/h3-5,10,13-14,26H,6-9H2,1-2H3,(H,22,24). The predicted octanol–water partition coefficient (Wildman–Crippen LogP) is 4.32. The minimum Gasteiger partial charge on any atom is -0.393 e. The number of hydrogen-bond donors (Lipinski definition) is 2. The van der Waals surface area contributed by atoms with E-state index in [0.29, 0.717) is 0 Å². The van der Waals surface area contributed by atoms with E-state index < -0.39 is 0 Å². The second-order valence-electron chi connectivity index (χ2n) is 7.02. The fraction of sp³-hybridized carbons (Fsp3) is 0.421. The van der Waals surface area contributed by atoms with Crippen LogP contribution in [0.25, 0.3) is 11.0 Å². The number of aliphatic hydroxyl groups excluding tert-OH is 1. The van der Waals surface area contributed by atoms with E-state index in [2.05, 4.69) is 41.3 Å². The first-order chi connectivity index (χ1) is 12.5. The molecule has 2 N–H and O–H groups in total. The molecule has 0 unspecified atom stereocenters. The summed E-state index contributed by atoms with van der Waals surface area (Å²) < 4.78 is 1.95. The molecule has 0 spiro atoms. The molecule has 0 atom stereocenters. The van der Waals surface area contributed by atoms with Crippen molar-refractivity contribution in [2.45, 2.75) is 51.7 Å². The molecule has 1 aliphatic carbocycles.